The van der Waals surface area contributed by atoms with Crippen molar-refractivity contribution in [3.05, 3.63) is 0 Å². The zero-order valence-corrected chi connectivity index (χ0v) is 11.1. The highest BCUT2D eigenvalue weighted by molar-refractivity contribution is 5.01. The minimum Gasteiger partial charge on any atom is -0.0625 e. The standard InChI is InChI=1S/C16H28/c1-11-5-3-4-6-13-14(8-7-11)16-10-12(2)9-15(13)16/h11-16H,3-10H2,1-2H3. The molecule has 0 saturated heterocycles. The first kappa shape index (κ1) is 11.1. The van der Waals surface area contributed by atoms with Crippen molar-refractivity contribution in [1.82, 2.24) is 0 Å². The van der Waals surface area contributed by atoms with Crippen LogP contribution in [-0.2, 0) is 0 Å². The minimum absolute atomic E-state index is 1.01. The quantitative estimate of drug-likeness (QED) is 0.545. The lowest BCUT2D eigenvalue weighted by atomic mass is 9.55. The van der Waals surface area contributed by atoms with E-state index in [1.807, 2.05) is 0 Å². The van der Waals surface area contributed by atoms with Crippen LogP contribution in [0.25, 0.3) is 0 Å². The summed E-state index contributed by atoms with van der Waals surface area (Å²) in [5.74, 6) is 6.67. The molecule has 0 aliphatic heterocycles. The Morgan fingerprint density at radius 1 is 0.562 bits per heavy atom. The lowest BCUT2D eigenvalue weighted by Crippen LogP contribution is -2.43. The van der Waals surface area contributed by atoms with Gasteiger partial charge in [0.1, 0.15) is 0 Å². The molecule has 6 unspecified atom stereocenters. The van der Waals surface area contributed by atoms with Crippen LogP contribution in [0.15, 0.2) is 0 Å². The molecule has 0 radical (unpaired) electrons. The van der Waals surface area contributed by atoms with Crippen LogP contribution in [0.2, 0.25) is 0 Å². The summed E-state index contributed by atoms with van der Waals surface area (Å²) in [6, 6.07) is 0. The lowest BCUT2D eigenvalue weighted by molar-refractivity contribution is -0.0114. The number of fused-ring (bicyclic) bond motifs is 4. The fraction of sp³-hybridized carbons (Fsp3) is 1.00. The Bertz CT molecular complexity index is 244. The van der Waals surface area contributed by atoms with E-state index in [0.29, 0.717) is 0 Å². The van der Waals surface area contributed by atoms with Crippen molar-refractivity contribution >= 4 is 0 Å². The second-order valence-corrected chi connectivity index (χ2v) is 7.20. The van der Waals surface area contributed by atoms with Gasteiger partial charge in [-0.15, -0.1) is 0 Å². The van der Waals surface area contributed by atoms with E-state index in [1.54, 1.807) is 25.7 Å². The molecule has 0 heterocycles. The Labute approximate surface area is 101 Å². The molecule has 3 rings (SSSR count). The first-order chi connectivity index (χ1) is 7.75. The zero-order valence-electron chi connectivity index (χ0n) is 11.1. The van der Waals surface area contributed by atoms with E-state index in [2.05, 4.69) is 13.8 Å². The van der Waals surface area contributed by atoms with Crippen LogP contribution in [0, 0.1) is 35.5 Å². The van der Waals surface area contributed by atoms with Gasteiger partial charge in [0.2, 0.25) is 0 Å². The van der Waals surface area contributed by atoms with Crippen molar-refractivity contribution in [2.75, 3.05) is 0 Å². The maximum absolute atomic E-state index is 2.49. The average molecular weight is 220 g/mol. The largest absolute Gasteiger partial charge is 0.0625 e. The maximum atomic E-state index is 2.49. The first-order valence-electron chi connectivity index (χ1n) is 7.75. The second kappa shape index (κ2) is 4.35. The van der Waals surface area contributed by atoms with Gasteiger partial charge < -0.3 is 0 Å². The highest BCUT2D eigenvalue weighted by Crippen LogP contribution is 2.60. The zero-order chi connectivity index (χ0) is 11.1. The van der Waals surface area contributed by atoms with Gasteiger partial charge in [-0.3, -0.25) is 0 Å². The minimum atomic E-state index is 1.01. The Balaban J connectivity index is 1.67. The maximum Gasteiger partial charge on any atom is -0.0349 e. The van der Waals surface area contributed by atoms with Crippen LogP contribution in [-0.4, -0.2) is 0 Å². The SMILES string of the molecule is CC1CCCCC2C(CC1)C1CC(C)CC21. The van der Waals surface area contributed by atoms with Crippen LogP contribution >= 0.6 is 0 Å². The van der Waals surface area contributed by atoms with E-state index in [4.69, 9.17) is 0 Å². The van der Waals surface area contributed by atoms with Gasteiger partial charge in [-0.1, -0.05) is 39.5 Å². The summed E-state index contributed by atoms with van der Waals surface area (Å²) in [6.07, 6.45) is 12.4. The summed E-state index contributed by atoms with van der Waals surface area (Å²) in [4.78, 5) is 0. The molecule has 0 nitrogen and oxygen atoms in total. The fourth-order valence-electron chi connectivity index (χ4n) is 5.20. The van der Waals surface area contributed by atoms with Gasteiger partial charge in [-0.2, -0.15) is 0 Å². The molecule has 3 fully saturated rings. The van der Waals surface area contributed by atoms with Gasteiger partial charge in [0, 0.05) is 0 Å². The molecule has 0 amide bonds. The molecule has 3 aliphatic carbocycles. The van der Waals surface area contributed by atoms with Crippen LogP contribution in [0.5, 0.6) is 0 Å². The molecule has 0 aromatic heterocycles. The van der Waals surface area contributed by atoms with E-state index in [1.165, 1.54) is 25.7 Å². The highest BCUT2D eigenvalue weighted by atomic mass is 14.6. The van der Waals surface area contributed by atoms with E-state index < -0.39 is 0 Å². The summed E-state index contributed by atoms with van der Waals surface area (Å²) in [5, 5.41) is 0. The van der Waals surface area contributed by atoms with Crippen molar-refractivity contribution in [3.8, 4) is 0 Å². The molecular weight excluding hydrogens is 192 g/mol. The molecule has 3 saturated carbocycles. The molecule has 0 N–H and O–H groups in total. The molecule has 16 heavy (non-hydrogen) atoms. The fourth-order valence-corrected chi connectivity index (χ4v) is 5.20. The molecule has 0 aromatic rings. The normalized spacial score (nSPS) is 52.9. The number of hydrogen-bond acceptors (Lipinski definition) is 0. The third-order valence-electron chi connectivity index (χ3n) is 6.03. The van der Waals surface area contributed by atoms with Crippen molar-refractivity contribution in [1.29, 1.82) is 0 Å². The van der Waals surface area contributed by atoms with Crippen LogP contribution < -0.4 is 0 Å². The third kappa shape index (κ3) is 1.83. The second-order valence-electron chi connectivity index (χ2n) is 7.20. The van der Waals surface area contributed by atoms with Crippen LogP contribution in [0.1, 0.15) is 65.2 Å². The van der Waals surface area contributed by atoms with Gasteiger partial charge in [0.05, 0.1) is 0 Å². The summed E-state index contributed by atoms with van der Waals surface area (Å²) in [7, 11) is 0. The van der Waals surface area contributed by atoms with Crippen LogP contribution in [0.4, 0.5) is 0 Å². The number of hydrogen-bond donors (Lipinski definition) is 0. The Morgan fingerprint density at radius 3 is 1.94 bits per heavy atom. The number of rotatable bonds is 0. The summed E-state index contributed by atoms with van der Waals surface area (Å²) in [5.41, 5.74) is 0. The molecule has 0 spiro atoms. The molecule has 6 atom stereocenters. The van der Waals surface area contributed by atoms with Crippen LogP contribution in [0.3, 0.4) is 0 Å². The molecular formula is C16H28. The van der Waals surface area contributed by atoms with Gasteiger partial charge in [0.25, 0.3) is 0 Å². The van der Waals surface area contributed by atoms with Crippen molar-refractivity contribution in [2.24, 2.45) is 35.5 Å². The molecule has 0 bridgehead atoms. The topological polar surface area (TPSA) is 0 Å². The van der Waals surface area contributed by atoms with Gasteiger partial charge in [-0.25, -0.2) is 0 Å². The van der Waals surface area contributed by atoms with Gasteiger partial charge in [-0.05, 0) is 61.2 Å². The first-order valence-corrected chi connectivity index (χ1v) is 7.75. The molecule has 0 heteroatoms. The Morgan fingerprint density at radius 2 is 1.19 bits per heavy atom. The smallest absolute Gasteiger partial charge is 0.0349 e. The van der Waals surface area contributed by atoms with Crippen molar-refractivity contribution in [2.45, 2.75) is 65.2 Å². The third-order valence-corrected chi connectivity index (χ3v) is 6.03. The monoisotopic (exact) mass is 220 g/mol. The average Bonchev–Trinajstić information content (AvgIpc) is 2.60. The Hall–Kier alpha value is 0. The van der Waals surface area contributed by atoms with Crippen molar-refractivity contribution < 1.29 is 0 Å². The van der Waals surface area contributed by atoms with E-state index >= 15 is 0 Å². The van der Waals surface area contributed by atoms with Gasteiger partial charge in [0.15, 0.2) is 0 Å². The predicted octanol–water partition coefficient (Wildman–Crippen LogP) is 4.89. The van der Waals surface area contributed by atoms with E-state index in [-0.39, 0.29) is 0 Å². The summed E-state index contributed by atoms with van der Waals surface area (Å²) >= 11 is 0. The molecule has 3 aliphatic rings. The van der Waals surface area contributed by atoms with E-state index in [0.717, 1.165) is 35.5 Å². The van der Waals surface area contributed by atoms with Gasteiger partial charge >= 0.3 is 0 Å². The molecule has 0 aromatic carbocycles. The predicted molar refractivity (Wildman–Crippen MR) is 69.2 cm³/mol. The molecule has 92 valence electrons. The summed E-state index contributed by atoms with van der Waals surface area (Å²) in [6.45, 7) is 4.97. The van der Waals surface area contributed by atoms with Crippen molar-refractivity contribution in [3.63, 3.8) is 0 Å². The summed E-state index contributed by atoms with van der Waals surface area (Å²) < 4.78 is 0. The Kier molecular flexibility index (Phi) is 3.02. The lowest BCUT2D eigenvalue weighted by Gasteiger charge is -2.50. The highest BCUT2D eigenvalue weighted by Gasteiger charge is 2.52. The van der Waals surface area contributed by atoms with E-state index in [9.17, 15) is 0 Å².